The summed E-state index contributed by atoms with van der Waals surface area (Å²) in [7, 11) is 1.62. The van der Waals surface area contributed by atoms with Crippen LogP contribution in [0.2, 0.25) is 4.34 Å². The van der Waals surface area contributed by atoms with Crippen molar-refractivity contribution < 1.29 is 14.3 Å². The number of hydrogen-bond acceptors (Lipinski definition) is 4. The summed E-state index contributed by atoms with van der Waals surface area (Å²) in [6.07, 6.45) is 1.20. The molecule has 1 amide bonds. The lowest BCUT2D eigenvalue weighted by molar-refractivity contribution is -0.121. The van der Waals surface area contributed by atoms with Crippen molar-refractivity contribution in [2.24, 2.45) is 0 Å². The monoisotopic (exact) mass is 289 g/mol. The maximum Gasteiger partial charge on any atom is 0.220 e. The highest BCUT2D eigenvalue weighted by molar-refractivity contribution is 7.18. The summed E-state index contributed by atoms with van der Waals surface area (Å²) in [5.41, 5.74) is 0. The molecule has 0 unspecified atom stereocenters. The van der Waals surface area contributed by atoms with Crippen LogP contribution < -0.4 is 5.32 Å². The lowest BCUT2D eigenvalue weighted by Crippen LogP contribution is -2.25. The second-order valence-electron chi connectivity index (χ2n) is 3.72. The number of Topliss-reactive ketones (excluding diaryl/α,β-unsaturated/α-hetero) is 1. The Morgan fingerprint density at radius 2 is 2.17 bits per heavy atom. The van der Waals surface area contributed by atoms with Gasteiger partial charge in [0.15, 0.2) is 5.78 Å². The first-order valence-electron chi connectivity index (χ1n) is 5.67. The SMILES string of the molecule is COCCCNC(=O)CCC(=O)c1ccc(Cl)s1. The molecule has 18 heavy (non-hydrogen) atoms. The van der Waals surface area contributed by atoms with E-state index in [1.165, 1.54) is 11.3 Å². The first-order chi connectivity index (χ1) is 8.63. The number of carbonyl (C=O) groups excluding carboxylic acids is 2. The Kier molecular flexibility index (Phi) is 6.93. The highest BCUT2D eigenvalue weighted by Crippen LogP contribution is 2.22. The summed E-state index contributed by atoms with van der Waals surface area (Å²) < 4.78 is 5.45. The molecule has 0 aliphatic carbocycles. The minimum absolute atomic E-state index is 0.0426. The van der Waals surface area contributed by atoms with Crippen LogP contribution in [0.5, 0.6) is 0 Å². The third-order valence-electron chi connectivity index (χ3n) is 2.27. The minimum atomic E-state index is -0.109. The van der Waals surface area contributed by atoms with Gasteiger partial charge in [-0.15, -0.1) is 11.3 Å². The average Bonchev–Trinajstić information content (AvgIpc) is 2.78. The van der Waals surface area contributed by atoms with E-state index in [2.05, 4.69) is 5.32 Å². The molecule has 0 radical (unpaired) electrons. The van der Waals surface area contributed by atoms with E-state index in [-0.39, 0.29) is 24.5 Å². The second-order valence-corrected chi connectivity index (χ2v) is 5.44. The van der Waals surface area contributed by atoms with Crippen LogP contribution in [0.4, 0.5) is 0 Å². The average molecular weight is 290 g/mol. The summed E-state index contributed by atoms with van der Waals surface area (Å²) in [4.78, 5) is 23.7. The predicted molar refractivity (Wildman–Crippen MR) is 72.4 cm³/mol. The van der Waals surface area contributed by atoms with Gasteiger partial charge in [-0.3, -0.25) is 9.59 Å². The van der Waals surface area contributed by atoms with E-state index >= 15 is 0 Å². The van der Waals surface area contributed by atoms with Crippen molar-refractivity contribution >= 4 is 34.6 Å². The van der Waals surface area contributed by atoms with Crippen molar-refractivity contribution in [3.8, 4) is 0 Å². The third-order valence-corrected chi connectivity index (χ3v) is 3.55. The number of carbonyl (C=O) groups is 2. The largest absolute Gasteiger partial charge is 0.385 e. The summed E-state index contributed by atoms with van der Waals surface area (Å²) >= 11 is 6.98. The molecule has 1 N–H and O–H groups in total. The van der Waals surface area contributed by atoms with Gasteiger partial charge in [0, 0.05) is 33.1 Å². The molecule has 0 atom stereocenters. The molecule has 1 heterocycles. The van der Waals surface area contributed by atoms with Crippen LogP contribution in [0, 0.1) is 0 Å². The molecule has 0 aliphatic heterocycles. The van der Waals surface area contributed by atoms with E-state index in [1.54, 1.807) is 19.2 Å². The molecule has 0 spiro atoms. The number of ether oxygens (including phenoxy) is 1. The van der Waals surface area contributed by atoms with Gasteiger partial charge < -0.3 is 10.1 Å². The zero-order valence-corrected chi connectivity index (χ0v) is 11.8. The summed E-state index contributed by atoms with van der Waals surface area (Å²) in [5.74, 6) is -0.152. The van der Waals surface area contributed by atoms with Crippen molar-refractivity contribution in [3.05, 3.63) is 21.3 Å². The van der Waals surface area contributed by atoms with Crippen LogP contribution in [-0.4, -0.2) is 32.0 Å². The van der Waals surface area contributed by atoms with E-state index in [4.69, 9.17) is 16.3 Å². The number of hydrogen-bond donors (Lipinski definition) is 1. The minimum Gasteiger partial charge on any atom is -0.385 e. The van der Waals surface area contributed by atoms with Crippen molar-refractivity contribution in [3.63, 3.8) is 0 Å². The van der Waals surface area contributed by atoms with Gasteiger partial charge in [0.05, 0.1) is 9.21 Å². The molecule has 100 valence electrons. The van der Waals surface area contributed by atoms with Gasteiger partial charge >= 0.3 is 0 Å². The number of amides is 1. The molecule has 0 bridgehead atoms. The maximum atomic E-state index is 11.7. The van der Waals surface area contributed by atoms with Gasteiger partial charge in [-0.2, -0.15) is 0 Å². The molecule has 0 aliphatic rings. The van der Waals surface area contributed by atoms with Crippen LogP contribution in [0.1, 0.15) is 28.9 Å². The Morgan fingerprint density at radius 3 is 2.78 bits per heavy atom. The van der Waals surface area contributed by atoms with Crippen molar-refractivity contribution in [1.29, 1.82) is 0 Å². The summed E-state index contributed by atoms with van der Waals surface area (Å²) in [6.45, 7) is 1.19. The number of thiophene rings is 1. The van der Waals surface area contributed by atoms with Crippen LogP contribution in [0.25, 0.3) is 0 Å². The normalized spacial score (nSPS) is 10.3. The number of ketones is 1. The Morgan fingerprint density at radius 1 is 1.39 bits per heavy atom. The van der Waals surface area contributed by atoms with Gasteiger partial charge in [0.1, 0.15) is 0 Å². The van der Waals surface area contributed by atoms with Crippen molar-refractivity contribution in [2.45, 2.75) is 19.3 Å². The Bertz CT molecular complexity index is 406. The molecule has 6 heteroatoms. The Labute approximate surface area is 115 Å². The van der Waals surface area contributed by atoms with E-state index < -0.39 is 0 Å². The molecule has 0 fully saturated rings. The lowest BCUT2D eigenvalue weighted by Gasteiger charge is -2.03. The molecule has 4 nitrogen and oxygen atoms in total. The predicted octanol–water partition coefficient (Wildman–Crippen LogP) is 2.52. The van der Waals surface area contributed by atoms with E-state index in [9.17, 15) is 9.59 Å². The fourth-order valence-electron chi connectivity index (χ4n) is 1.35. The zero-order valence-electron chi connectivity index (χ0n) is 10.2. The maximum absolute atomic E-state index is 11.7. The smallest absolute Gasteiger partial charge is 0.220 e. The van der Waals surface area contributed by atoms with E-state index in [0.717, 1.165) is 6.42 Å². The first kappa shape index (κ1) is 15.1. The van der Waals surface area contributed by atoms with Crippen LogP contribution in [0.3, 0.4) is 0 Å². The molecule has 1 rings (SSSR count). The molecule has 0 saturated carbocycles. The van der Waals surface area contributed by atoms with E-state index in [1.807, 2.05) is 0 Å². The summed E-state index contributed by atoms with van der Waals surface area (Å²) in [5, 5.41) is 2.74. The molecular formula is C12H16ClNO3S. The Hall–Kier alpha value is -0.910. The number of nitrogens with one attached hydrogen (secondary N) is 1. The van der Waals surface area contributed by atoms with Crippen molar-refractivity contribution in [2.75, 3.05) is 20.3 Å². The zero-order chi connectivity index (χ0) is 13.4. The number of halogens is 1. The van der Waals surface area contributed by atoms with Gasteiger partial charge in [-0.25, -0.2) is 0 Å². The summed E-state index contributed by atoms with van der Waals surface area (Å²) in [6, 6.07) is 3.37. The number of methoxy groups -OCH3 is 1. The molecule has 1 aromatic rings. The fourth-order valence-corrected chi connectivity index (χ4v) is 2.36. The second kappa shape index (κ2) is 8.24. The number of rotatable bonds is 8. The highest BCUT2D eigenvalue weighted by atomic mass is 35.5. The molecular weight excluding hydrogens is 274 g/mol. The van der Waals surface area contributed by atoms with Crippen LogP contribution in [0.15, 0.2) is 12.1 Å². The van der Waals surface area contributed by atoms with Gasteiger partial charge in [-0.1, -0.05) is 11.6 Å². The van der Waals surface area contributed by atoms with Crippen LogP contribution in [-0.2, 0) is 9.53 Å². The topological polar surface area (TPSA) is 55.4 Å². The van der Waals surface area contributed by atoms with Gasteiger partial charge in [0.2, 0.25) is 5.91 Å². The van der Waals surface area contributed by atoms with Gasteiger partial charge in [0.25, 0.3) is 0 Å². The lowest BCUT2D eigenvalue weighted by atomic mass is 10.2. The van der Waals surface area contributed by atoms with Crippen LogP contribution >= 0.6 is 22.9 Å². The standard InChI is InChI=1S/C12H16ClNO3S/c1-17-8-2-7-14-12(16)6-3-9(15)10-4-5-11(13)18-10/h4-5H,2-3,6-8H2,1H3,(H,14,16). The molecule has 0 saturated heterocycles. The van der Waals surface area contributed by atoms with Gasteiger partial charge in [-0.05, 0) is 18.6 Å². The quantitative estimate of drug-likeness (QED) is 0.591. The highest BCUT2D eigenvalue weighted by Gasteiger charge is 2.11. The molecule has 0 aromatic carbocycles. The van der Waals surface area contributed by atoms with E-state index in [0.29, 0.717) is 22.4 Å². The van der Waals surface area contributed by atoms with Crippen molar-refractivity contribution in [1.82, 2.24) is 5.32 Å². The molecule has 1 aromatic heterocycles. The third kappa shape index (κ3) is 5.62. The Balaban J connectivity index is 2.20. The fraction of sp³-hybridized carbons (Fsp3) is 0.500. The first-order valence-corrected chi connectivity index (χ1v) is 6.87.